The minimum absolute atomic E-state index is 0.0974. The van der Waals surface area contributed by atoms with Crippen molar-refractivity contribution in [3.8, 4) is 0 Å². The molecule has 3 heteroatoms. The first-order chi connectivity index (χ1) is 6.61. The first-order valence-corrected chi connectivity index (χ1v) is 4.71. The molecule has 0 aliphatic heterocycles. The van der Waals surface area contributed by atoms with Crippen molar-refractivity contribution in [2.24, 2.45) is 11.7 Å². The highest BCUT2D eigenvalue weighted by Crippen LogP contribution is 2.12. The fourth-order valence-corrected chi connectivity index (χ4v) is 1.30. The van der Waals surface area contributed by atoms with Gasteiger partial charge < -0.3 is 10.6 Å². The molecule has 0 saturated heterocycles. The second-order valence-corrected chi connectivity index (χ2v) is 3.57. The molecular formula is C11H17N3. The molecule has 1 aromatic carbocycles. The Kier molecular flexibility index (Phi) is 3.51. The van der Waals surface area contributed by atoms with Gasteiger partial charge in [-0.1, -0.05) is 25.1 Å². The lowest BCUT2D eigenvalue weighted by molar-refractivity contribution is 0.729. The molecule has 14 heavy (non-hydrogen) atoms. The Morgan fingerprint density at radius 2 is 2.00 bits per heavy atom. The predicted molar refractivity (Wildman–Crippen MR) is 60.8 cm³/mol. The SMILES string of the molecule is CC(CN(C)c1ccccc1)C(=N)N. The van der Waals surface area contributed by atoms with Gasteiger partial charge in [-0.3, -0.25) is 5.41 Å². The number of benzene rings is 1. The number of hydrogen-bond acceptors (Lipinski definition) is 2. The van der Waals surface area contributed by atoms with E-state index in [1.165, 1.54) is 0 Å². The number of hydrogen-bond donors (Lipinski definition) is 2. The predicted octanol–water partition coefficient (Wildman–Crippen LogP) is 1.69. The van der Waals surface area contributed by atoms with E-state index in [0.717, 1.165) is 12.2 Å². The number of amidine groups is 1. The van der Waals surface area contributed by atoms with Gasteiger partial charge in [0.25, 0.3) is 0 Å². The van der Waals surface area contributed by atoms with Gasteiger partial charge in [-0.25, -0.2) is 0 Å². The summed E-state index contributed by atoms with van der Waals surface area (Å²) in [6.07, 6.45) is 0. The molecule has 0 aliphatic rings. The fourth-order valence-electron chi connectivity index (χ4n) is 1.30. The van der Waals surface area contributed by atoms with E-state index in [1.54, 1.807) is 0 Å². The molecule has 1 unspecified atom stereocenters. The van der Waals surface area contributed by atoms with Crippen LogP contribution in [-0.4, -0.2) is 19.4 Å². The van der Waals surface area contributed by atoms with Crippen LogP contribution in [0.4, 0.5) is 5.69 Å². The smallest absolute Gasteiger partial charge is 0.0952 e. The van der Waals surface area contributed by atoms with E-state index in [-0.39, 0.29) is 11.8 Å². The largest absolute Gasteiger partial charge is 0.387 e. The first kappa shape index (κ1) is 10.6. The Balaban J connectivity index is 2.59. The van der Waals surface area contributed by atoms with E-state index in [1.807, 2.05) is 44.3 Å². The van der Waals surface area contributed by atoms with E-state index in [0.29, 0.717) is 0 Å². The number of anilines is 1. The Hall–Kier alpha value is -1.51. The van der Waals surface area contributed by atoms with Crippen LogP contribution >= 0.6 is 0 Å². The number of rotatable bonds is 4. The molecule has 0 fully saturated rings. The minimum Gasteiger partial charge on any atom is -0.387 e. The minimum atomic E-state index is 0.0974. The maximum Gasteiger partial charge on any atom is 0.0952 e. The molecule has 76 valence electrons. The van der Waals surface area contributed by atoms with Gasteiger partial charge in [0.05, 0.1) is 5.84 Å². The quantitative estimate of drug-likeness (QED) is 0.562. The molecule has 0 saturated carbocycles. The van der Waals surface area contributed by atoms with Crippen LogP contribution in [0.1, 0.15) is 6.92 Å². The summed E-state index contributed by atoms with van der Waals surface area (Å²) in [7, 11) is 2.01. The lowest BCUT2D eigenvalue weighted by Gasteiger charge is -2.22. The van der Waals surface area contributed by atoms with Crippen LogP contribution in [0.5, 0.6) is 0 Å². The van der Waals surface area contributed by atoms with Crippen LogP contribution in [0, 0.1) is 11.3 Å². The third kappa shape index (κ3) is 2.76. The molecule has 0 heterocycles. The molecule has 3 nitrogen and oxygen atoms in total. The van der Waals surface area contributed by atoms with Crippen molar-refractivity contribution in [2.45, 2.75) is 6.92 Å². The van der Waals surface area contributed by atoms with Gasteiger partial charge in [0.2, 0.25) is 0 Å². The summed E-state index contributed by atoms with van der Waals surface area (Å²) in [4.78, 5) is 2.10. The Labute approximate surface area is 85.0 Å². The Morgan fingerprint density at radius 3 is 2.50 bits per heavy atom. The average Bonchev–Trinajstić information content (AvgIpc) is 2.19. The first-order valence-electron chi connectivity index (χ1n) is 4.71. The van der Waals surface area contributed by atoms with Gasteiger partial charge in [-0.2, -0.15) is 0 Å². The van der Waals surface area contributed by atoms with E-state index in [2.05, 4.69) is 4.90 Å². The van der Waals surface area contributed by atoms with Gasteiger partial charge in [0, 0.05) is 25.2 Å². The van der Waals surface area contributed by atoms with E-state index < -0.39 is 0 Å². The number of nitrogens with one attached hydrogen (secondary N) is 1. The molecule has 0 aliphatic carbocycles. The molecule has 1 rings (SSSR count). The highest BCUT2D eigenvalue weighted by atomic mass is 15.1. The maximum absolute atomic E-state index is 7.31. The van der Waals surface area contributed by atoms with Crippen molar-refractivity contribution in [2.75, 3.05) is 18.5 Å². The van der Waals surface area contributed by atoms with E-state index in [4.69, 9.17) is 11.1 Å². The summed E-state index contributed by atoms with van der Waals surface area (Å²) in [5.74, 6) is 0.341. The molecule has 0 bridgehead atoms. The summed E-state index contributed by atoms with van der Waals surface area (Å²) < 4.78 is 0. The monoisotopic (exact) mass is 191 g/mol. The Bertz CT molecular complexity index is 295. The molecule has 1 atom stereocenters. The highest BCUT2D eigenvalue weighted by Gasteiger charge is 2.08. The molecule has 0 amide bonds. The van der Waals surface area contributed by atoms with Crippen LogP contribution in [-0.2, 0) is 0 Å². The summed E-state index contributed by atoms with van der Waals surface area (Å²) in [5.41, 5.74) is 6.57. The Morgan fingerprint density at radius 1 is 1.43 bits per heavy atom. The zero-order chi connectivity index (χ0) is 10.6. The normalized spacial score (nSPS) is 12.1. The summed E-state index contributed by atoms with van der Waals surface area (Å²) in [6.45, 7) is 2.74. The molecule has 3 N–H and O–H groups in total. The van der Waals surface area contributed by atoms with Gasteiger partial charge in [-0.15, -0.1) is 0 Å². The van der Waals surface area contributed by atoms with Gasteiger partial charge in [-0.05, 0) is 12.1 Å². The van der Waals surface area contributed by atoms with Crippen LogP contribution < -0.4 is 10.6 Å². The number of para-hydroxylation sites is 1. The lowest BCUT2D eigenvalue weighted by Crippen LogP contribution is -2.31. The molecule has 0 aromatic heterocycles. The van der Waals surface area contributed by atoms with E-state index >= 15 is 0 Å². The van der Waals surface area contributed by atoms with Gasteiger partial charge in [0.1, 0.15) is 0 Å². The van der Waals surface area contributed by atoms with Crippen LogP contribution in [0.15, 0.2) is 30.3 Å². The standard InChI is InChI=1S/C11H17N3/c1-9(11(12)13)8-14(2)10-6-4-3-5-7-10/h3-7,9H,8H2,1-2H3,(H3,12,13). The molecule has 0 spiro atoms. The van der Waals surface area contributed by atoms with Crippen molar-refractivity contribution in [1.29, 1.82) is 5.41 Å². The topological polar surface area (TPSA) is 53.1 Å². The third-order valence-electron chi connectivity index (χ3n) is 2.28. The average molecular weight is 191 g/mol. The maximum atomic E-state index is 7.31. The summed E-state index contributed by atoms with van der Waals surface area (Å²) in [5, 5.41) is 7.31. The van der Waals surface area contributed by atoms with Crippen molar-refractivity contribution < 1.29 is 0 Å². The highest BCUT2D eigenvalue weighted by molar-refractivity contribution is 5.79. The number of nitrogens with zero attached hydrogens (tertiary/aromatic N) is 1. The molecular weight excluding hydrogens is 174 g/mol. The van der Waals surface area contributed by atoms with Crippen molar-refractivity contribution in [1.82, 2.24) is 0 Å². The van der Waals surface area contributed by atoms with E-state index in [9.17, 15) is 0 Å². The molecule has 0 radical (unpaired) electrons. The number of nitrogens with two attached hydrogens (primary N) is 1. The fraction of sp³-hybridized carbons (Fsp3) is 0.364. The van der Waals surface area contributed by atoms with Crippen LogP contribution in [0.2, 0.25) is 0 Å². The van der Waals surface area contributed by atoms with Crippen molar-refractivity contribution in [3.63, 3.8) is 0 Å². The summed E-state index contributed by atoms with van der Waals surface area (Å²) in [6, 6.07) is 10.1. The second-order valence-electron chi connectivity index (χ2n) is 3.57. The third-order valence-corrected chi connectivity index (χ3v) is 2.28. The van der Waals surface area contributed by atoms with Crippen LogP contribution in [0.3, 0.4) is 0 Å². The zero-order valence-corrected chi connectivity index (χ0v) is 8.70. The second kappa shape index (κ2) is 4.65. The van der Waals surface area contributed by atoms with Crippen molar-refractivity contribution in [3.05, 3.63) is 30.3 Å². The summed E-state index contributed by atoms with van der Waals surface area (Å²) >= 11 is 0. The zero-order valence-electron chi connectivity index (χ0n) is 8.70. The van der Waals surface area contributed by atoms with Gasteiger partial charge in [0.15, 0.2) is 0 Å². The molecule has 1 aromatic rings. The van der Waals surface area contributed by atoms with Crippen LogP contribution in [0.25, 0.3) is 0 Å². The van der Waals surface area contributed by atoms with Gasteiger partial charge >= 0.3 is 0 Å². The lowest BCUT2D eigenvalue weighted by atomic mass is 10.1. The van der Waals surface area contributed by atoms with Crippen molar-refractivity contribution >= 4 is 11.5 Å².